The van der Waals surface area contributed by atoms with Crippen LogP contribution in [0.4, 0.5) is 5.82 Å². The maximum atomic E-state index is 13.0. The van der Waals surface area contributed by atoms with E-state index in [1.807, 2.05) is 16.5 Å². The lowest BCUT2D eigenvalue weighted by molar-refractivity contribution is -0.130. The van der Waals surface area contributed by atoms with E-state index in [1.54, 1.807) is 11.3 Å². The molecule has 2 aliphatic rings. The number of imidazole rings is 1. The summed E-state index contributed by atoms with van der Waals surface area (Å²) in [7, 11) is 0. The Labute approximate surface area is 196 Å². The number of benzene rings is 1. The molecule has 4 heterocycles. The van der Waals surface area contributed by atoms with Crippen molar-refractivity contribution in [3.8, 4) is 11.3 Å². The highest BCUT2D eigenvalue weighted by atomic mass is 32.1. The summed E-state index contributed by atoms with van der Waals surface area (Å²) in [4.78, 5) is 22.9. The second-order valence-corrected chi connectivity index (χ2v) is 9.84. The smallest absolute Gasteiger partial charge is 0.228 e. The number of hydrogen-bond acceptors (Lipinski definition) is 6. The van der Waals surface area contributed by atoms with E-state index in [1.165, 1.54) is 18.4 Å². The molecule has 168 valence electrons. The molecule has 3 aromatic heterocycles. The third kappa shape index (κ3) is 4.11. The van der Waals surface area contributed by atoms with Crippen molar-refractivity contribution in [1.29, 1.82) is 0 Å². The first-order chi connectivity index (χ1) is 16.1. The van der Waals surface area contributed by atoms with Gasteiger partial charge in [-0.3, -0.25) is 9.20 Å². The molecule has 6 rings (SSSR count). The van der Waals surface area contributed by atoms with Gasteiger partial charge in [0.15, 0.2) is 10.8 Å². The lowest BCUT2D eigenvalue weighted by Gasteiger charge is -2.35. The normalized spacial score (nSPS) is 16.5. The number of aromatic nitrogens is 4. The molecule has 4 aromatic rings. The van der Waals surface area contributed by atoms with Gasteiger partial charge in [-0.15, -0.1) is 16.4 Å². The van der Waals surface area contributed by atoms with Crippen molar-refractivity contribution in [3.63, 3.8) is 0 Å². The Morgan fingerprint density at radius 1 is 1.03 bits per heavy atom. The summed E-state index contributed by atoms with van der Waals surface area (Å²) in [6.45, 7) is 5.06. The third-order valence-electron chi connectivity index (χ3n) is 6.59. The van der Waals surface area contributed by atoms with Gasteiger partial charge in [0.05, 0.1) is 17.8 Å². The molecule has 0 atom stereocenters. The zero-order valence-corrected chi connectivity index (χ0v) is 19.5. The number of amides is 1. The fraction of sp³-hybridized carbons (Fsp3) is 0.360. The van der Waals surface area contributed by atoms with E-state index in [0.29, 0.717) is 25.4 Å². The fourth-order valence-corrected chi connectivity index (χ4v) is 5.25. The monoisotopic (exact) mass is 458 g/mol. The van der Waals surface area contributed by atoms with E-state index >= 15 is 0 Å². The summed E-state index contributed by atoms with van der Waals surface area (Å²) in [6, 6.07) is 12.6. The van der Waals surface area contributed by atoms with Crippen LogP contribution in [0.2, 0.25) is 0 Å². The largest absolute Gasteiger partial charge is 0.352 e. The van der Waals surface area contributed by atoms with Crippen molar-refractivity contribution in [2.24, 2.45) is 0 Å². The summed E-state index contributed by atoms with van der Waals surface area (Å²) in [6.07, 6.45) is 4.90. The number of fused-ring (bicyclic) bond motifs is 1. The Morgan fingerprint density at radius 2 is 1.82 bits per heavy atom. The molecule has 1 aromatic carbocycles. The molecule has 0 spiro atoms. The van der Waals surface area contributed by atoms with Gasteiger partial charge in [-0.2, -0.15) is 5.10 Å². The zero-order chi connectivity index (χ0) is 22.4. The Balaban J connectivity index is 1.10. The lowest BCUT2D eigenvalue weighted by atomic mass is 10.1. The molecule has 2 fully saturated rings. The van der Waals surface area contributed by atoms with Crippen LogP contribution in [0.1, 0.15) is 35.7 Å². The maximum absolute atomic E-state index is 13.0. The van der Waals surface area contributed by atoms with E-state index < -0.39 is 0 Å². The van der Waals surface area contributed by atoms with Gasteiger partial charge in [0.25, 0.3) is 0 Å². The van der Waals surface area contributed by atoms with Gasteiger partial charge in [-0.05, 0) is 31.9 Å². The first-order valence-corrected chi connectivity index (χ1v) is 12.4. The van der Waals surface area contributed by atoms with Crippen molar-refractivity contribution >= 4 is 28.0 Å². The highest BCUT2D eigenvalue weighted by molar-refractivity contribution is 7.15. The predicted molar refractivity (Wildman–Crippen MR) is 130 cm³/mol. The number of hydrogen-bond donors (Lipinski definition) is 0. The van der Waals surface area contributed by atoms with Gasteiger partial charge < -0.3 is 9.80 Å². The van der Waals surface area contributed by atoms with Gasteiger partial charge in [-0.25, -0.2) is 4.98 Å². The number of piperazine rings is 1. The van der Waals surface area contributed by atoms with Crippen LogP contribution in [0.3, 0.4) is 0 Å². The quantitative estimate of drug-likeness (QED) is 0.453. The van der Waals surface area contributed by atoms with E-state index in [2.05, 4.69) is 62.8 Å². The Hall–Kier alpha value is -3.26. The second kappa shape index (κ2) is 8.26. The molecule has 0 unspecified atom stereocenters. The molecule has 7 nitrogen and oxygen atoms in total. The minimum atomic E-state index is 0.162. The molecule has 1 aliphatic carbocycles. The van der Waals surface area contributed by atoms with Crippen molar-refractivity contribution in [2.45, 2.75) is 32.1 Å². The number of thiazole rings is 1. The molecular weight excluding hydrogens is 432 g/mol. The summed E-state index contributed by atoms with van der Waals surface area (Å²) in [5, 5.41) is 10.9. The maximum Gasteiger partial charge on any atom is 0.228 e. The summed E-state index contributed by atoms with van der Waals surface area (Å²) in [5.74, 6) is 1.69. The first kappa shape index (κ1) is 20.4. The average molecular weight is 459 g/mol. The van der Waals surface area contributed by atoms with E-state index in [4.69, 9.17) is 4.98 Å². The number of aryl methyl sites for hydroxylation is 1. The molecule has 0 N–H and O–H groups in total. The van der Waals surface area contributed by atoms with E-state index in [0.717, 1.165) is 46.5 Å². The SMILES string of the molecule is Cc1ccc(-c2cn3c(CC(=O)N4CCN(c5ccc(C6CC6)nn5)CC4)csc3n2)cc1. The predicted octanol–water partition coefficient (Wildman–Crippen LogP) is 3.93. The highest BCUT2D eigenvalue weighted by Gasteiger charge is 2.27. The summed E-state index contributed by atoms with van der Waals surface area (Å²) in [5.41, 5.74) is 5.37. The summed E-state index contributed by atoms with van der Waals surface area (Å²) >= 11 is 1.58. The van der Waals surface area contributed by atoms with Crippen LogP contribution in [0.5, 0.6) is 0 Å². The van der Waals surface area contributed by atoms with Crippen LogP contribution in [0.15, 0.2) is 48.0 Å². The number of carbonyl (C=O) groups excluding carboxylic acids is 1. The first-order valence-electron chi connectivity index (χ1n) is 11.5. The minimum Gasteiger partial charge on any atom is -0.352 e. The van der Waals surface area contributed by atoms with Crippen molar-refractivity contribution < 1.29 is 4.79 Å². The zero-order valence-electron chi connectivity index (χ0n) is 18.6. The van der Waals surface area contributed by atoms with Crippen LogP contribution >= 0.6 is 11.3 Å². The van der Waals surface area contributed by atoms with Crippen LogP contribution in [-0.2, 0) is 11.2 Å². The van der Waals surface area contributed by atoms with Crippen LogP contribution in [0.25, 0.3) is 16.2 Å². The van der Waals surface area contributed by atoms with Gasteiger partial charge in [0.1, 0.15) is 0 Å². The van der Waals surface area contributed by atoms with E-state index in [9.17, 15) is 4.79 Å². The van der Waals surface area contributed by atoms with Crippen LogP contribution < -0.4 is 4.90 Å². The Kier molecular flexibility index (Phi) is 5.10. The van der Waals surface area contributed by atoms with Gasteiger partial charge in [0.2, 0.25) is 5.91 Å². The Bertz CT molecular complexity index is 1280. The lowest BCUT2D eigenvalue weighted by Crippen LogP contribution is -2.49. The van der Waals surface area contributed by atoms with Crippen molar-refractivity contribution in [2.75, 3.05) is 31.1 Å². The molecule has 0 radical (unpaired) electrons. The van der Waals surface area contributed by atoms with Crippen molar-refractivity contribution in [1.82, 2.24) is 24.5 Å². The Morgan fingerprint density at radius 3 is 2.52 bits per heavy atom. The molecule has 8 heteroatoms. The second-order valence-electron chi connectivity index (χ2n) is 9.01. The average Bonchev–Trinajstić information content (AvgIpc) is 3.51. The molecular formula is C25H26N6OS. The number of anilines is 1. The minimum absolute atomic E-state index is 0.162. The van der Waals surface area contributed by atoms with Crippen LogP contribution in [0, 0.1) is 6.92 Å². The molecule has 0 bridgehead atoms. The number of rotatable bonds is 5. The highest BCUT2D eigenvalue weighted by Crippen LogP contribution is 2.38. The van der Waals surface area contributed by atoms with Gasteiger partial charge >= 0.3 is 0 Å². The molecule has 1 aliphatic heterocycles. The van der Waals surface area contributed by atoms with Gasteiger partial charge in [0, 0.05) is 54.9 Å². The van der Waals surface area contributed by atoms with Crippen molar-refractivity contribution in [3.05, 3.63) is 64.9 Å². The van der Waals surface area contributed by atoms with Crippen LogP contribution in [-0.4, -0.2) is 56.6 Å². The standard InChI is InChI=1S/C25H26N6OS/c1-17-2-4-19(5-3-17)22-15-31-20(16-33-25(31)26-22)14-24(32)30-12-10-29(11-13-30)23-9-8-21(27-28-23)18-6-7-18/h2-5,8-9,15-16,18H,6-7,10-14H2,1H3. The molecule has 1 saturated carbocycles. The molecule has 1 saturated heterocycles. The summed E-state index contributed by atoms with van der Waals surface area (Å²) < 4.78 is 2.06. The van der Waals surface area contributed by atoms with Gasteiger partial charge in [-0.1, -0.05) is 29.8 Å². The molecule has 1 amide bonds. The number of carbonyl (C=O) groups is 1. The fourth-order valence-electron chi connectivity index (χ4n) is 4.37. The topological polar surface area (TPSA) is 66.6 Å². The van der Waals surface area contributed by atoms with E-state index in [-0.39, 0.29) is 5.91 Å². The third-order valence-corrected chi connectivity index (χ3v) is 7.47. The molecule has 33 heavy (non-hydrogen) atoms. The number of nitrogens with zero attached hydrogens (tertiary/aromatic N) is 6.